The Morgan fingerprint density at radius 3 is 1.81 bits per heavy atom. The van der Waals surface area contributed by atoms with Gasteiger partial charge in [-0.2, -0.15) is 0 Å². The number of anilines is 1. The summed E-state index contributed by atoms with van der Waals surface area (Å²) in [6.45, 7) is 0. The van der Waals surface area contributed by atoms with E-state index in [-0.39, 0.29) is 5.91 Å². The van der Waals surface area contributed by atoms with Gasteiger partial charge in [0.15, 0.2) is 0 Å². The lowest BCUT2D eigenvalue weighted by Gasteiger charge is -2.27. The van der Waals surface area contributed by atoms with Gasteiger partial charge in [0.2, 0.25) is 10.0 Å². The third kappa shape index (κ3) is 4.14. The molecular formula is C20H31N3O3S. The first kappa shape index (κ1) is 20.1. The highest BCUT2D eigenvalue weighted by Gasteiger charge is 2.44. The number of benzene rings is 1. The largest absolute Gasteiger partial charge is 0.339 e. The summed E-state index contributed by atoms with van der Waals surface area (Å²) >= 11 is 0. The van der Waals surface area contributed by atoms with Gasteiger partial charge in [-0.05, 0) is 75.9 Å². The maximum Gasteiger partial charge on any atom is 0.253 e. The van der Waals surface area contributed by atoms with E-state index in [0.717, 1.165) is 30.9 Å². The molecule has 1 aromatic rings. The second-order valence-electron chi connectivity index (χ2n) is 8.43. The zero-order valence-corrected chi connectivity index (χ0v) is 17.7. The molecular weight excluding hydrogens is 362 g/mol. The summed E-state index contributed by atoms with van der Waals surface area (Å²) in [4.78, 5) is 17.1. The molecule has 2 aliphatic carbocycles. The van der Waals surface area contributed by atoms with Gasteiger partial charge in [-0.15, -0.1) is 0 Å². The van der Waals surface area contributed by atoms with E-state index in [1.165, 1.54) is 24.2 Å². The number of amides is 1. The van der Waals surface area contributed by atoms with Gasteiger partial charge in [-0.1, -0.05) is 0 Å². The molecule has 2 unspecified atom stereocenters. The van der Waals surface area contributed by atoms with Crippen LogP contribution in [-0.4, -0.2) is 70.7 Å². The summed E-state index contributed by atoms with van der Waals surface area (Å²) in [5.41, 5.74) is 1.16. The second kappa shape index (κ2) is 7.43. The van der Waals surface area contributed by atoms with E-state index < -0.39 is 10.0 Å². The normalized spacial score (nSPS) is 27.6. The molecule has 0 aromatic heterocycles. The Bertz CT molecular complexity index is 777. The fraction of sp³-hybridized carbons (Fsp3) is 0.650. The number of carbonyl (C=O) groups excluding carboxylic acids is 1. The van der Waals surface area contributed by atoms with Crippen LogP contribution in [0, 0.1) is 11.8 Å². The molecule has 27 heavy (non-hydrogen) atoms. The standard InChI is InChI=1S/C20H31N3O3S/c1-21(2)18-10-15-12-19(13-16(15)11-18)22(3)20(24)14-6-8-17(9-7-14)23(4)27(5,25)26/h6-9,15-16,18-19H,10-13H2,1-5H3/t15-,16+,18?,19?. The molecule has 6 nitrogen and oxygen atoms in total. The SMILES string of the molecule is CN(C)C1C[C@@H]2CC(N(C)C(=O)c3ccc(N(C)S(C)(=O)=O)cc3)C[C@@H]2C1. The van der Waals surface area contributed by atoms with Crippen molar-refractivity contribution in [1.82, 2.24) is 9.80 Å². The van der Waals surface area contributed by atoms with Crippen LogP contribution >= 0.6 is 0 Å². The van der Waals surface area contributed by atoms with E-state index in [0.29, 0.717) is 23.3 Å². The summed E-state index contributed by atoms with van der Waals surface area (Å²) in [5.74, 6) is 1.46. The van der Waals surface area contributed by atoms with E-state index in [2.05, 4.69) is 19.0 Å². The van der Waals surface area contributed by atoms with Gasteiger partial charge in [0.25, 0.3) is 5.91 Å². The van der Waals surface area contributed by atoms with Crippen molar-refractivity contribution >= 4 is 21.6 Å². The van der Waals surface area contributed by atoms with Crippen LogP contribution in [0.2, 0.25) is 0 Å². The van der Waals surface area contributed by atoms with Gasteiger partial charge in [0.05, 0.1) is 11.9 Å². The van der Waals surface area contributed by atoms with Crippen molar-refractivity contribution in [3.05, 3.63) is 29.8 Å². The summed E-state index contributed by atoms with van der Waals surface area (Å²) in [6, 6.07) is 7.79. The Morgan fingerprint density at radius 1 is 0.889 bits per heavy atom. The maximum absolute atomic E-state index is 12.9. The van der Waals surface area contributed by atoms with Gasteiger partial charge in [0, 0.05) is 31.7 Å². The maximum atomic E-state index is 12.9. The molecule has 4 atom stereocenters. The third-order valence-corrected chi connectivity index (χ3v) is 7.75. The summed E-state index contributed by atoms with van der Waals surface area (Å²) in [5, 5.41) is 0. The molecule has 2 aliphatic rings. The highest BCUT2D eigenvalue weighted by molar-refractivity contribution is 7.92. The first-order valence-electron chi connectivity index (χ1n) is 9.55. The topological polar surface area (TPSA) is 60.9 Å². The third-order valence-electron chi connectivity index (χ3n) is 6.54. The molecule has 0 aliphatic heterocycles. The van der Waals surface area contributed by atoms with Crippen LogP contribution in [-0.2, 0) is 10.0 Å². The van der Waals surface area contributed by atoms with Crippen LogP contribution in [0.5, 0.6) is 0 Å². The lowest BCUT2D eigenvalue weighted by Crippen LogP contribution is -2.36. The molecule has 0 heterocycles. The van der Waals surface area contributed by atoms with Crippen LogP contribution in [0.25, 0.3) is 0 Å². The number of carbonyl (C=O) groups is 1. The Kier molecular flexibility index (Phi) is 5.54. The zero-order chi connectivity index (χ0) is 19.9. The number of rotatable bonds is 5. The van der Waals surface area contributed by atoms with E-state index in [1.54, 1.807) is 24.3 Å². The van der Waals surface area contributed by atoms with Gasteiger partial charge in [-0.3, -0.25) is 9.10 Å². The predicted octanol–water partition coefficient (Wildman–Crippen LogP) is 2.27. The lowest BCUT2D eigenvalue weighted by atomic mass is 10.0. The van der Waals surface area contributed by atoms with E-state index >= 15 is 0 Å². The minimum absolute atomic E-state index is 0.0118. The molecule has 0 saturated heterocycles. The molecule has 0 N–H and O–H groups in total. The molecule has 2 saturated carbocycles. The fourth-order valence-corrected chi connectivity index (χ4v) is 5.17. The average Bonchev–Trinajstić information content (AvgIpc) is 3.18. The Labute approximate surface area is 163 Å². The van der Waals surface area contributed by atoms with Crippen LogP contribution in [0.15, 0.2) is 24.3 Å². The van der Waals surface area contributed by atoms with Crippen molar-refractivity contribution in [3.63, 3.8) is 0 Å². The van der Waals surface area contributed by atoms with Crippen molar-refractivity contribution in [3.8, 4) is 0 Å². The fourth-order valence-electron chi connectivity index (χ4n) is 4.67. The second-order valence-corrected chi connectivity index (χ2v) is 10.4. The number of nitrogens with zero attached hydrogens (tertiary/aromatic N) is 3. The van der Waals surface area contributed by atoms with Crippen molar-refractivity contribution in [1.29, 1.82) is 0 Å². The first-order valence-corrected chi connectivity index (χ1v) is 11.4. The van der Waals surface area contributed by atoms with Gasteiger partial charge >= 0.3 is 0 Å². The van der Waals surface area contributed by atoms with Crippen LogP contribution in [0.4, 0.5) is 5.69 Å². The molecule has 1 aromatic carbocycles. The predicted molar refractivity (Wildman–Crippen MR) is 108 cm³/mol. The molecule has 0 spiro atoms. The summed E-state index contributed by atoms with van der Waals surface area (Å²) < 4.78 is 24.5. The first-order chi connectivity index (χ1) is 12.6. The van der Waals surface area contributed by atoms with Gasteiger partial charge in [-0.25, -0.2) is 8.42 Å². The highest BCUT2D eigenvalue weighted by Crippen LogP contribution is 2.46. The van der Waals surface area contributed by atoms with Crippen molar-refractivity contribution < 1.29 is 13.2 Å². The molecule has 7 heteroatoms. The highest BCUT2D eigenvalue weighted by atomic mass is 32.2. The average molecular weight is 394 g/mol. The molecule has 0 bridgehead atoms. The monoisotopic (exact) mass is 393 g/mol. The lowest BCUT2D eigenvalue weighted by molar-refractivity contribution is 0.0726. The number of hydrogen-bond donors (Lipinski definition) is 0. The summed E-state index contributed by atoms with van der Waals surface area (Å²) in [6.07, 6.45) is 5.82. The smallest absolute Gasteiger partial charge is 0.253 e. The van der Waals surface area contributed by atoms with E-state index in [9.17, 15) is 13.2 Å². The van der Waals surface area contributed by atoms with Gasteiger partial charge < -0.3 is 9.80 Å². The minimum Gasteiger partial charge on any atom is -0.339 e. The molecule has 3 rings (SSSR count). The zero-order valence-electron chi connectivity index (χ0n) is 16.9. The van der Waals surface area contributed by atoms with E-state index in [4.69, 9.17) is 0 Å². The number of fused-ring (bicyclic) bond motifs is 1. The van der Waals surface area contributed by atoms with Crippen molar-refractivity contribution in [2.75, 3.05) is 38.8 Å². The van der Waals surface area contributed by atoms with Crippen molar-refractivity contribution in [2.45, 2.75) is 37.8 Å². The molecule has 1 amide bonds. The Hall–Kier alpha value is -1.60. The van der Waals surface area contributed by atoms with Crippen LogP contribution < -0.4 is 4.31 Å². The molecule has 0 radical (unpaired) electrons. The van der Waals surface area contributed by atoms with Crippen molar-refractivity contribution in [2.24, 2.45) is 11.8 Å². The molecule has 2 fully saturated rings. The molecule has 150 valence electrons. The summed E-state index contributed by atoms with van der Waals surface area (Å²) in [7, 11) is 4.42. The Balaban J connectivity index is 1.63. The number of hydrogen-bond acceptors (Lipinski definition) is 4. The van der Waals surface area contributed by atoms with Crippen LogP contribution in [0.1, 0.15) is 36.0 Å². The quantitative estimate of drug-likeness (QED) is 0.770. The van der Waals surface area contributed by atoms with Crippen LogP contribution in [0.3, 0.4) is 0 Å². The minimum atomic E-state index is -3.30. The number of sulfonamides is 1. The van der Waals surface area contributed by atoms with E-state index in [1.807, 2.05) is 11.9 Å². The van der Waals surface area contributed by atoms with Gasteiger partial charge in [0.1, 0.15) is 0 Å². The Morgan fingerprint density at radius 2 is 1.37 bits per heavy atom.